The molecule has 0 atom stereocenters. The Hall–Kier alpha value is 0.0569. The number of rotatable bonds is 14. The fourth-order valence-electron chi connectivity index (χ4n) is 1.81. The molecule has 0 aromatic rings. The van der Waals surface area contributed by atoms with E-state index in [2.05, 4.69) is 13.8 Å². The van der Waals surface area contributed by atoms with E-state index in [1.165, 1.54) is 38.5 Å². The fourth-order valence-corrected chi connectivity index (χ4v) is 3.32. The maximum atomic E-state index is 5.75. The number of hydrogen-bond acceptors (Lipinski definition) is 4. The molecule has 19 heavy (non-hydrogen) atoms. The van der Waals surface area contributed by atoms with Crippen molar-refractivity contribution in [2.75, 3.05) is 27.4 Å². The van der Waals surface area contributed by atoms with Gasteiger partial charge in [-0.1, -0.05) is 52.4 Å². The van der Waals surface area contributed by atoms with Crippen molar-refractivity contribution in [3.8, 4) is 0 Å². The van der Waals surface area contributed by atoms with E-state index in [-0.39, 0.29) is 0 Å². The molecule has 0 bridgehead atoms. The molecule has 0 spiro atoms. The third kappa shape index (κ3) is 9.57. The van der Waals surface area contributed by atoms with Crippen molar-refractivity contribution < 1.29 is 17.7 Å². The van der Waals surface area contributed by atoms with Crippen LogP contribution < -0.4 is 0 Å². The Bertz CT molecular complexity index is 170. The minimum absolute atomic E-state index is 0.656. The zero-order valence-electron chi connectivity index (χ0n) is 13.2. The topological polar surface area (TPSA) is 36.9 Å². The quantitative estimate of drug-likeness (QED) is 0.359. The fraction of sp³-hybridized carbons (Fsp3) is 1.00. The second-order valence-corrected chi connectivity index (χ2v) is 7.12. The molecule has 0 aromatic heterocycles. The van der Waals surface area contributed by atoms with Crippen LogP contribution in [0.5, 0.6) is 0 Å². The lowest BCUT2D eigenvalue weighted by atomic mass is 10.2. The lowest BCUT2D eigenvalue weighted by molar-refractivity contribution is -0.0105. The zero-order chi connectivity index (χ0) is 14.4. The molecule has 0 unspecified atom stereocenters. The van der Waals surface area contributed by atoms with Gasteiger partial charge in [0.1, 0.15) is 0 Å². The molecule has 0 heterocycles. The summed E-state index contributed by atoms with van der Waals surface area (Å²) < 4.78 is 22.3. The highest BCUT2D eigenvalue weighted by molar-refractivity contribution is 6.53. The predicted octanol–water partition coefficient (Wildman–Crippen LogP) is 3.91. The summed E-state index contributed by atoms with van der Waals surface area (Å²) >= 11 is 0. The van der Waals surface area contributed by atoms with Gasteiger partial charge in [0.05, 0.1) is 0 Å². The van der Waals surface area contributed by atoms with E-state index in [9.17, 15) is 0 Å². The van der Waals surface area contributed by atoms with Crippen LogP contribution in [0.1, 0.15) is 65.2 Å². The van der Waals surface area contributed by atoms with Crippen molar-refractivity contribution in [2.45, 2.75) is 65.2 Å². The van der Waals surface area contributed by atoms with Crippen LogP contribution in [0.2, 0.25) is 0 Å². The van der Waals surface area contributed by atoms with Crippen molar-refractivity contribution in [1.29, 1.82) is 0 Å². The summed E-state index contributed by atoms with van der Waals surface area (Å²) in [5.74, 6) is 0. The van der Waals surface area contributed by atoms with Crippen LogP contribution >= 0.6 is 0 Å². The molecular weight excluding hydrogens is 260 g/mol. The van der Waals surface area contributed by atoms with Gasteiger partial charge in [-0.05, 0) is 12.8 Å². The summed E-state index contributed by atoms with van der Waals surface area (Å²) in [6.45, 7) is 5.71. The highest BCUT2D eigenvalue weighted by atomic mass is 28.4. The number of hydrogen-bond donors (Lipinski definition) is 0. The third-order valence-electron chi connectivity index (χ3n) is 3.05. The van der Waals surface area contributed by atoms with Gasteiger partial charge in [0.2, 0.25) is 0 Å². The normalized spacial score (nSPS) is 12.0. The first-order valence-corrected chi connectivity index (χ1v) is 9.26. The molecule has 0 aromatic carbocycles. The van der Waals surface area contributed by atoms with Gasteiger partial charge in [-0.3, -0.25) is 0 Å². The van der Waals surface area contributed by atoms with Gasteiger partial charge >= 0.3 is 9.05 Å². The molecule has 0 aliphatic heterocycles. The molecule has 4 nitrogen and oxygen atoms in total. The highest BCUT2D eigenvalue weighted by Gasteiger charge is 2.43. The molecule has 0 saturated heterocycles. The van der Waals surface area contributed by atoms with Gasteiger partial charge in [0.15, 0.2) is 0 Å². The minimum Gasteiger partial charge on any atom is -0.355 e. The number of unbranched alkanes of at least 4 members (excludes halogenated alkanes) is 6. The second-order valence-electron chi connectivity index (χ2n) is 4.73. The molecule has 0 N–H and O–H groups in total. The van der Waals surface area contributed by atoms with Crippen LogP contribution in [0.3, 0.4) is 0 Å². The first kappa shape index (κ1) is 19.1. The molecule has 0 aliphatic rings. The zero-order valence-corrected chi connectivity index (χ0v) is 14.2. The maximum Gasteiger partial charge on any atom is 0.679 e. The van der Waals surface area contributed by atoms with Crippen molar-refractivity contribution >= 4 is 9.05 Å². The first-order chi connectivity index (χ1) is 9.24. The van der Waals surface area contributed by atoms with Crippen LogP contribution in [-0.4, -0.2) is 36.5 Å². The Balaban J connectivity index is 3.83. The Morgan fingerprint density at radius 1 is 0.632 bits per heavy atom. The smallest absolute Gasteiger partial charge is 0.355 e. The van der Waals surface area contributed by atoms with Crippen molar-refractivity contribution in [3.05, 3.63) is 0 Å². The summed E-state index contributed by atoms with van der Waals surface area (Å²) in [5, 5.41) is 0. The summed E-state index contributed by atoms with van der Waals surface area (Å²) in [5.41, 5.74) is 0. The second kappa shape index (κ2) is 13.1. The Morgan fingerprint density at radius 3 is 1.37 bits per heavy atom. The van der Waals surface area contributed by atoms with Crippen molar-refractivity contribution in [3.63, 3.8) is 0 Å². The van der Waals surface area contributed by atoms with E-state index in [1.807, 2.05) is 0 Å². The van der Waals surface area contributed by atoms with Crippen molar-refractivity contribution in [2.24, 2.45) is 0 Å². The lowest BCUT2D eigenvalue weighted by Gasteiger charge is -2.25. The van der Waals surface area contributed by atoms with Crippen LogP contribution in [0.15, 0.2) is 0 Å². The molecular formula is C14H32O4Si. The van der Waals surface area contributed by atoms with Crippen LogP contribution in [0.25, 0.3) is 0 Å². The van der Waals surface area contributed by atoms with Gasteiger partial charge in [0, 0.05) is 27.4 Å². The average molecular weight is 292 g/mol. The van der Waals surface area contributed by atoms with E-state index in [0.717, 1.165) is 12.8 Å². The summed E-state index contributed by atoms with van der Waals surface area (Å²) in [4.78, 5) is 0. The van der Waals surface area contributed by atoms with Crippen LogP contribution in [0.4, 0.5) is 0 Å². The predicted molar refractivity (Wildman–Crippen MR) is 80.0 cm³/mol. The van der Waals surface area contributed by atoms with Crippen molar-refractivity contribution in [1.82, 2.24) is 0 Å². The van der Waals surface area contributed by atoms with E-state index in [1.54, 1.807) is 14.2 Å². The summed E-state index contributed by atoms with van der Waals surface area (Å²) in [6.07, 6.45) is 9.39. The van der Waals surface area contributed by atoms with Gasteiger partial charge in [-0.15, -0.1) is 0 Å². The Kier molecular flexibility index (Phi) is 13.1. The molecule has 5 heteroatoms. The van der Waals surface area contributed by atoms with Gasteiger partial charge < -0.3 is 17.7 Å². The average Bonchev–Trinajstić information content (AvgIpc) is 2.45. The van der Waals surface area contributed by atoms with E-state index < -0.39 is 9.05 Å². The molecule has 0 aliphatic carbocycles. The molecule has 0 radical (unpaired) electrons. The maximum absolute atomic E-state index is 5.75. The lowest BCUT2D eigenvalue weighted by Crippen LogP contribution is -2.47. The summed E-state index contributed by atoms with van der Waals surface area (Å²) in [6, 6.07) is 0. The van der Waals surface area contributed by atoms with Gasteiger partial charge in [0.25, 0.3) is 0 Å². The highest BCUT2D eigenvalue weighted by Crippen LogP contribution is 2.12. The SMILES string of the molecule is CCCCCCO[Si](OC)(OC)OCCCCCC. The minimum atomic E-state index is -2.86. The van der Waals surface area contributed by atoms with Gasteiger partial charge in [-0.25, -0.2) is 0 Å². The van der Waals surface area contributed by atoms with E-state index in [4.69, 9.17) is 17.7 Å². The molecule has 0 rings (SSSR count). The molecule has 0 amide bonds. The van der Waals surface area contributed by atoms with Gasteiger partial charge in [-0.2, -0.15) is 0 Å². The van der Waals surface area contributed by atoms with E-state index in [0.29, 0.717) is 13.2 Å². The first-order valence-electron chi connectivity index (χ1n) is 7.62. The summed E-state index contributed by atoms with van der Waals surface area (Å²) in [7, 11) is 0.346. The van der Waals surface area contributed by atoms with Crippen LogP contribution in [0, 0.1) is 0 Å². The Labute approximate surface area is 120 Å². The Morgan fingerprint density at radius 2 is 1.05 bits per heavy atom. The van der Waals surface area contributed by atoms with E-state index >= 15 is 0 Å². The molecule has 0 fully saturated rings. The molecule has 116 valence electrons. The largest absolute Gasteiger partial charge is 0.679 e. The monoisotopic (exact) mass is 292 g/mol. The standard InChI is InChI=1S/C14H32O4Si/c1-5-7-9-11-13-17-19(15-3,16-4)18-14-12-10-8-6-2/h5-14H2,1-4H3. The van der Waals surface area contributed by atoms with Crippen LogP contribution in [-0.2, 0) is 17.7 Å². The third-order valence-corrected chi connectivity index (χ3v) is 5.17. The molecule has 0 saturated carbocycles.